The van der Waals surface area contributed by atoms with Crippen LogP contribution in [0.1, 0.15) is 26.7 Å². The first kappa shape index (κ1) is 14.8. The maximum atomic E-state index is 5.58. The van der Waals surface area contributed by atoms with E-state index in [2.05, 4.69) is 34.9 Å². The first-order chi connectivity index (χ1) is 8.66. The first-order valence-electron chi connectivity index (χ1n) is 6.80. The molecule has 0 aromatic carbocycles. The number of rotatable bonds is 2. The zero-order valence-electron chi connectivity index (χ0n) is 12.1. The molecule has 4 nitrogen and oxygen atoms in total. The molecule has 0 atom stereocenters. The van der Waals surface area contributed by atoms with Gasteiger partial charge in [0.05, 0.1) is 11.9 Å². The molecule has 1 aliphatic rings. The van der Waals surface area contributed by atoms with E-state index in [1.54, 1.807) is 0 Å². The maximum Gasteiger partial charge on any atom is 0.123 e. The Kier molecular flexibility index (Phi) is 5.92. The van der Waals surface area contributed by atoms with Gasteiger partial charge in [-0.3, -0.25) is 0 Å². The van der Waals surface area contributed by atoms with E-state index in [9.17, 15) is 0 Å². The molecular formula is C14H26N4. The van der Waals surface area contributed by atoms with Crippen LogP contribution in [0.3, 0.4) is 0 Å². The van der Waals surface area contributed by atoms with Crippen molar-refractivity contribution in [3.05, 3.63) is 18.3 Å². The van der Waals surface area contributed by atoms with Gasteiger partial charge in [0.2, 0.25) is 0 Å². The molecule has 0 amide bonds. The minimum atomic E-state index is 0.590. The Morgan fingerprint density at radius 1 is 1.22 bits per heavy atom. The van der Waals surface area contributed by atoms with Crippen molar-refractivity contribution >= 4 is 11.5 Å². The predicted molar refractivity (Wildman–Crippen MR) is 78.9 cm³/mol. The lowest BCUT2D eigenvalue weighted by molar-refractivity contribution is 0.249. The lowest BCUT2D eigenvalue weighted by Gasteiger charge is -2.36. The Hall–Kier alpha value is -1.29. The highest BCUT2D eigenvalue weighted by Crippen LogP contribution is 2.21. The van der Waals surface area contributed by atoms with Gasteiger partial charge >= 0.3 is 0 Å². The molecule has 102 valence electrons. The van der Waals surface area contributed by atoms with Crippen LogP contribution in [0.15, 0.2) is 18.3 Å². The van der Waals surface area contributed by atoms with Crippen molar-refractivity contribution in [2.24, 2.45) is 0 Å². The van der Waals surface area contributed by atoms with Crippen molar-refractivity contribution < 1.29 is 0 Å². The van der Waals surface area contributed by atoms with E-state index >= 15 is 0 Å². The SMILES string of the molecule is CC.CN(C)C1CCN(c2ccc(N)nc2)CC1. The lowest BCUT2D eigenvalue weighted by atomic mass is 10.0. The molecule has 2 heterocycles. The highest BCUT2D eigenvalue weighted by Gasteiger charge is 2.20. The number of hydrogen-bond acceptors (Lipinski definition) is 4. The summed E-state index contributed by atoms with van der Waals surface area (Å²) in [5, 5.41) is 0. The fourth-order valence-corrected chi connectivity index (χ4v) is 2.23. The quantitative estimate of drug-likeness (QED) is 0.874. The molecule has 0 bridgehead atoms. The third-order valence-corrected chi connectivity index (χ3v) is 3.33. The normalized spacial score (nSPS) is 16.4. The van der Waals surface area contributed by atoms with Crippen LogP contribution in [0.4, 0.5) is 11.5 Å². The average molecular weight is 250 g/mol. The second-order valence-electron chi connectivity index (χ2n) is 4.62. The molecule has 2 N–H and O–H groups in total. The van der Waals surface area contributed by atoms with E-state index < -0.39 is 0 Å². The summed E-state index contributed by atoms with van der Waals surface area (Å²) in [5.41, 5.74) is 6.77. The summed E-state index contributed by atoms with van der Waals surface area (Å²) in [4.78, 5) is 8.83. The Morgan fingerprint density at radius 3 is 2.28 bits per heavy atom. The van der Waals surface area contributed by atoms with Gasteiger partial charge in [0.15, 0.2) is 0 Å². The summed E-state index contributed by atoms with van der Waals surface area (Å²) in [6.07, 6.45) is 4.31. The number of piperidine rings is 1. The van der Waals surface area contributed by atoms with Crippen molar-refractivity contribution in [3.8, 4) is 0 Å². The second-order valence-corrected chi connectivity index (χ2v) is 4.62. The van der Waals surface area contributed by atoms with Gasteiger partial charge in [0.25, 0.3) is 0 Å². The van der Waals surface area contributed by atoms with Crippen molar-refractivity contribution in [1.82, 2.24) is 9.88 Å². The molecule has 4 heteroatoms. The molecule has 1 saturated heterocycles. The van der Waals surface area contributed by atoms with E-state index in [0.717, 1.165) is 19.1 Å². The average Bonchev–Trinajstić information content (AvgIpc) is 2.42. The fraction of sp³-hybridized carbons (Fsp3) is 0.643. The van der Waals surface area contributed by atoms with Gasteiger partial charge in [0, 0.05) is 19.1 Å². The van der Waals surface area contributed by atoms with Crippen LogP contribution in [0, 0.1) is 0 Å². The van der Waals surface area contributed by atoms with E-state index in [1.165, 1.54) is 18.5 Å². The largest absolute Gasteiger partial charge is 0.384 e. The van der Waals surface area contributed by atoms with Gasteiger partial charge in [-0.2, -0.15) is 0 Å². The fourth-order valence-electron chi connectivity index (χ4n) is 2.23. The number of nitrogen functional groups attached to an aromatic ring is 1. The summed E-state index contributed by atoms with van der Waals surface area (Å²) in [5.74, 6) is 0.590. The van der Waals surface area contributed by atoms with Crippen molar-refractivity contribution in [2.45, 2.75) is 32.7 Å². The molecule has 0 saturated carbocycles. The number of hydrogen-bond donors (Lipinski definition) is 1. The van der Waals surface area contributed by atoms with Crippen LogP contribution in [0.5, 0.6) is 0 Å². The number of nitrogens with zero attached hydrogens (tertiary/aromatic N) is 3. The second kappa shape index (κ2) is 7.21. The van der Waals surface area contributed by atoms with Gasteiger partial charge in [-0.15, -0.1) is 0 Å². The topological polar surface area (TPSA) is 45.4 Å². The smallest absolute Gasteiger partial charge is 0.123 e. The third kappa shape index (κ3) is 3.88. The minimum absolute atomic E-state index is 0.590. The summed E-state index contributed by atoms with van der Waals surface area (Å²) >= 11 is 0. The molecule has 1 aromatic heterocycles. The van der Waals surface area contributed by atoms with Crippen molar-refractivity contribution in [2.75, 3.05) is 37.8 Å². The first-order valence-corrected chi connectivity index (χ1v) is 6.80. The third-order valence-electron chi connectivity index (χ3n) is 3.33. The van der Waals surface area contributed by atoms with E-state index in [4.69, 9.17) is 5.73 Å². The van der Waals surface area contributed by atoms with Crippen LogP contribution in [0.2, 0.25) is 0 Å². The van der Waals surface area contributed by atoms with E-state index in [1.807, 2.05) is 26.1 Å². The van der Waals surface area contributed by atoms with Crippen molar-refractivity contribution in [1.29, 1.82) is 0 Å². The standard InChI is InChI=1S/C12H20N4.C2H6/c1-15(2)10-5-7-16(8-6-10)11-3-4-12(13)14-9-11;1-2/h3-4,9-10H,5-8H2,1-2H3,(H2,13,14);1-2H3. The summed E-state index contributed by atoms with van der Waals surface area (Å²) in [7, 11) is 4.32. The minimum Gasteiger partial charge on any atom is -0.384 e. The number of aromatic nitrogens is 1. The summed E-state index contributed by atoms with van der Waals surface area (Å²) in [6.45, 7) is 6.21. The molecule has 1 fully saturated rings. The van der Waals surface area contributed by atoms with Gasteiger partial charge < -0.3 is 15.5 Å². The van der Waals surface area contributed by atoms with Crippen LogP contribution in [0.25, 0.3) is 0 Å². The van der Waals surface area contributed by atoms with Gasteiger partial charge in [-0.1, -0.05) is 13.8 Å². The lowest BCUT2D eigenvalue weighted by Crippen LogP contribution is -2.42. The summed E-state index contributed by atoms with van der Waals surface area (Å²) < 4.78 is 0. The molecule has 1 aliphatic heterocycles. The Balaban J connectivity index is 0.000000771. The van der Waals surface area contributed by atoms with Gasteiger partial charge in [0.1, 0.15) is 5.82 Å². The Labute approximate surface area is 111 Å². The monoisotopic (exact) mass is 250 g/mol. The number of pyridine rings is 1. The molecule has 1 aromatic rings. The van der Waals surface area contributed by atoms with Crippen LogP contribution in [-0.2, 0) is 0 Å². The van der Waals surface area contributed by atoms with Crippen LogP contribution >= 0.6 is 0 Å². The molecule has 2 rings (SSSR count). The molecule has 0 spiro atoms. The Morgan fingerprint density at radius 2 is 1.83 bits per heavy atom. The van der Waals surface area contributed by atoms with Crippen molar-refractivity contribution in [3.63, 3.8) is 0 Å². The molecule has 0 aliphatic carbocycles. The number of nitrogens with two attached hydrogens (primary N) is 1. The molecule has 18 heavy (non-hydrogen) atoms. The highest BCUT2D eigenvalue weighted by atomic mass is 15.2. The van der Waals surface area contributed by atoms with Crippen LogP contribution < -0.4 is 10.6 Å². The molecule has 0 radical (unpaired) electrons. The van der Waals surface area contributed by atoms with Gasteiger partial charge in [-0.05, 0) is 39.1 Å². The summed E-state index contributed by atoms with van der Waals surface area (Å²) in [6, 6.07) is 4.64. The predicted octanol–water partition coefficient (Wildman–Crippen LogP) is 2.22. The number of anilines is 2. The van der Waals surface area contributed by atoms with E-state index in [-0.39, 0.29) is 0 Å². The zero-order chi connectivity index (χ0) is 13.5. The Bertz CT molecular complexity index is 326. The zero-order valence-corrected chi connectivity index (χ0v) is 12.1. The van der Waals surface area contributed by atoms with E-state index in [0.29, 0.717) is 5.82 Å². The van der Waals surface area contributed by atoms with Crippen LogP contribution in [-0.4, -0.2) is 43.1 Å². The highest BCUT2D eigenvalue weighted by molar-refractivity contribution is 5.48. The molecular weight excluding hydrogens is 224 g/mol. The maximum absolute atomic E-state index is 5.58. The van der Waals surface area contributed by atoms with Gasteiger partial charge in [-0.25, -0.2) is 4.98 Å². The molecule has 0 unspecified atom stereocenters.